The van der Waals surface area contributed by atoms with Crippen molar-refractivity contribution in [3.05, 3.63) is 27.1 Å². The molecule has 0 aromatic heterocycles. The molecule has 17 heavy (non-hydrogen) atoms. The van der Waals surface area contributed by atoms with Crippen molar-refractivity contribution in [2.45, 2.75) is 6.18 Å². The van der Waals surface area contributed by atoms with E-state index in [9.17, 15) is 13.2 Å². The number of alkyl halides is 3. The molecule has 2 nitrogen and oxygen atoms in total. The van der Waals surface area contributed by atoms with E-state index in [2.05, 4.69) is 41.9 Å². The van der Waals surface area contributed by atoms with Gasteiger partial charge in [-0.3, -0.25) is 0 Å². The van der Waals surface area contributed by atoms with E-state index in [1.165, 1.54) is 0 Å². The van der Waals surface area contributed by atoms with E-state index in [0.717, 1.165) is 14.6 Å². The first-order valence-electron chi connectivity index (χ1n) is 4.72. The molecule has 0 saturated carbocycles. The van der Waals surface area contributed by atoms with E-state index >= 15 is 0 Å². The summed E-state index contributed by atoms with van der Waals surface area (Å²) < 4.78 is 41.5. The second-order valence-corrected chi connectivity index (χ2v) is 4.90. The third-order valence-corrected chi connectivity index (χ3v) is 3.10. The molecule has 7 heteroatoms. The molecule has 1 aromatic rings. The molecule has 0 aliphatic heterocycles. The van der Waals surface area contributed by atoms with Crippen molar-refractivity contribution in [3.8, 4) is 0 Å². The summed E-state index contributed by atoms with van der Waals surface area (Å²) >= 11 is 6.67. The van der Waals surface area contributed by atoms with Crippen LogP contribution in [0.15, 0.2) is 27.1 Å². The van der Waals surface area contributed by atoms with Gasteiger partial charge in [0.2, 0.25) is 0 Å². The number of benzene rings is 1. The fourth-order valence-electron chi connectivity index (χ4n) is 1.10. The van der Waals surface area contributed by atoms with E-state index in [-0.39, 0.29) is 6.61 Å². The van der Waals surface area contributed by atoms with Crippen LogP contribution in [0.25, 0.3) is 0 Å². The molecule has 96 valence electrons. The van der Waals surface area contributed by atoms with Crippen LogP contribution in [0.4, 0.5) is 18.9 Å². The van der Waals surface area contributed by atoms with Crippen molar-refractivity contribution in [1.29, 1.82) is 0 Å². The Morgan fingerprint density at radius 1 is 1.18 bits per heavy atom. The summed E-state index contributed by atoms with van der Waals surface area (Å²) in [5, 5.41) is 2.98. The van der Waals surface area contributed by atoms with Gasteiger partial charge < -0.3 is 10.1 Å². The van der Waals surface area contributed by atoms with Crippen LogP contribution in [0.2, 0.25) is 0 Å². The number of rotatable bonds is 5. The topological polar surface area (TPSA) is 21.3 Å². The van der Waals surface area contributed by atoms with Crippen molar-refractivity contribution in [3.63, 3.8) is 0 Å². The molecule has 0 radical (unpaired) electrons. The molecule has 1 rings (SSSR count). The summed E-state index contributed by atoms with van der Waals surface area (Å²) in [6.45, 7) is -0.920. The number of hydrogen-bond donors (Lipinski definition) is 1. The van der Waals surface area contributed by atoms with Gasteiger partial charge in [0.25, 0.3) is 0 Å². The third-order valence-electron chi connectivity index (χ3n) is 1.78. The zero-order valence-electron chi connectivity index (χ0n) is 8.65. The smallest absolute Gasteiger partial charge is 0.381 e. The summed E-state index contributed by atoms with van der Waals surface area (Å²) in [6.07, 6.45) is -4.27. The molecule has 0 bridgehead atoms. The van der Waals surface area contributed by atoms with E-state index in [1.54, 1.807) is 0 Å². The summed E-state index contributed by atoms with van der Waals surface area (Å²) in [5.74, 6) is 0. The van der Waals surface area contributed by atoms with Gasteiger partial charge in [0.15, 0.2) is 0 Å². The SMILES string of the molecule is FC(F)(F)COCCNc1c(Br)cccc1Br. The van der Waals surface area contributed by atoms with E-state index in [4.69, 9.17) is 0 Å². The zero-order chi connectivity index (χ0) is 12.9. The Bertz CT molecular complexity index is 351. The standard InChI is InChI=1S/C10H10Br2F3NO/c11-7-2-1-3-8(12)9(7)16-4-5-17-6-10(13,14)15/h1-3,16H,4-6H2. The highest BCUT2D eigenvalue weighted by Crippen LogP contribution is 2.30. The van der Waals surface area contributed by atoms with Crippen LogP contribution < -0.4 is 5.32 Å². The van der Waals surface area contributed by atoms with Gasteiger partial charge in [-0.1, -0.05) is 6.07 Å². The van der Waals surface area contributed by atoms with Gasteiger partial charge in [-0.15, -0.1) is 0 Å². The second-order valence-electron chi connectivity index (χ2n) is 3.19. The van der Waals surface area contributed by atoms with Gasteiger partial charge >= 0.3 is 6.18 Å². The Hall–Kier alpha value is -0.270. The molecule has 1 N–H and O–H groups in total. The number of nitrogens with one attached hydrogen (secondary N) is 1. The molecule has 0 aliphatic carbocycles. The lowest BCUT2D eigenvalue weighted by molar-refractivity contribution is -0.172. The van der Waals surface area contributed by atoms with Gasteiger partial charge in [-0.2, -0.15) is 13.2 Å². The van der Waals surface area contributed by atoms with Gasteiger partial charge in [0.05, 0.1) is 12.3 Å². The minimum atomic E-state index is -4.27. The average molecular weight is 377 g/mol. The summed E-state index contributed by atoms with van der Waals surface area (Å²) in [4.78, 5) is 0. The maximum absolute atomic E-state index is 11.8. The Morgan fingerprint density at radius 3 is 2.29 bits per heavy atom. The molecule has 0 atom stereocenters. The predicted molar refractivity (Wildman–Crippen MR) is 67.2 cm³/mol. The van der Waals surface area contributed by atoms with Gasteiger partial charge in [0.1, 0.15) is 6.61 Å². The van der Waals surface area contributed by atoms with E-state index in [1.807, 2.05) is 18.2 Å². The third kappa shape index (κ3) is 5.74. The molecule has 0 heterocycles. The Balaban J connectivity index is 2.32. The van der Waals surface area contributed by atoms with Crippen molar-refractivity contribution < 1.29 is 17.9 Å². The predicted octanol–water partition coefficient (Wildman–Crippen LogP) is 4.20. The number of halogens is 5. The molecule has 1 aromatic carbocycles. The van der Waals surface area contributed by atoms with Crippen LogP contribution in [-0.2, 0) is 4.74 Å². The van der Waals surface area contributed by atoms with Gasteiger partial charge in [-0.05, 0) is 44.0 Å². The fourth-order valence-corrected chi connectivity index (χ4v) is 2.38. The maximum Gasteiger partial charge on any atom is 0.411 e. The fraction of sp³-hybridized carbons (Fsp3) is 0.400. The second kappa shape index (κ2) is 6.61. The minimum absolute atomic E-state index is 0.00666. The van der Waals surface area contributed by atoms with Crippen molar-refractivity contribution >= 4 is 37.5 Å². The molecule has 0 spiro atoms. The molecule has 0 fully saturated rings. The maximum atomic E-state index is 11.8. The summed E-state index contributed by atoms with van der Waals surface area (Å²) in [5.41, 5.74) is 0.795. The van der Waals surface area contributed by atoms with Crippen molar-refractivity contribution in [2.24, 2.45) is 0 Å². The molecule has 0 saturated heterocycles. The van der Waals surface area contributed by atoms with E-state index in [0.29, 0.717) is 6.54 Å². The molecule has 0 amide bonds. The first-order valence-corrected chi connectivity index (χ1v) is 6.31. The quantitative estimate of drug-likeness (QED) is 0.777. The highest BCUT2D eigenvalue weighted by atomic mass is 79.9. The number of anilines is 1. The number of ether oxygens (including phenoxy) is 1. The first kappa shape index (κ1) is 14.8. The molecule has 0 unspecified atom stereocenters. The van der Waals surface area contributed by atoms with Crippen LogP contribution in [0.5, 0.6) is 0 Å². The molecular formula is C10H10Br2F3NO. The highest BCUT2D eigenvalue weighted by Gasteiger charge is 2.27. The van der Waals surface area contributed by atoms with E-state index < -0.39 is 12.8 Å². The minimum Gasteiger partial charge on any atom is -0.381 e. The lowest BCUT2D eigenvalue weighted by Gasteiger charge is -2.11. The van der Waals surface area contributed by atoms with Crippen molar-refractivity contribution in [1.82, 2.24) is 0 Å². The molecule has 0 aliphatic rings. The Labute approximate surface area is 114 Å². The van der Waals surface area contributed by atoms with Gasteiger partial charge in [0, 0.05) is 15.5 Å². The van der Waals surface area contributed by atoms with Crippen molar-refractivity contribution in [2.75, 3.05) is 25.1 Å². The first-order chi connectivity index (χ1) is 7.90. The monoisotopic (exact) mass is 375 g/mol. The van der Waals surface area contributed by atoms with Crippen LogP contribution in [0.3, 0.4) is 0 Å². The average Bonchev–Trinajstić information content (AvgIpc) is 2.20. The highest BCUT2D eigenvalue weighted by molar-refractivity contribution is 9.11. The lowest BCUT2D eigenvalue weighted by Crippen LogP contribution is -2.20. The number of para-hydroxylation sites is 1. The van der Waals surface area contributed by atoms with Crippen LogP contribution in [0.1, 0.15) is 0 Å². The lowest BCUT2D eigenvalue weighted by atomic mass is 10.3. The van der Waals surface area contributed by atoms with Gasteiger partial charge in [-0.25, -0.2) is 0 Å². The Morgan fingerprint density at radius 2 is 1.76 bits per heavy atom. The largest absolute Gasteiger partial charge is 0.411 e. The summed E-state index contributed by atoms with van der Waals surface area (Å²) in [7, 11) is 0. The Kier molecular flexibility index (Phi) is 5.75. The summed E-state index contributed by atoms with van der Waals surface area (Å²) in [6, 6.07) is 5.52. The van der Waals surface area contributed by atoms with Crippen LogP contribution in [-0.4, -0.2) is 25.9 Å². The number of hydrogen-bond acceptors (Lipinski definition) is 2. The zero-order valence-corrected chi connectivity index (χ0v) is 11.8. The van der Waals surface area contributed by atoms with Crippen LogP contribution >= 0.6 is 31.9 Å². The normalized spacial score (nSPS) is 11.6. The molecular weight excluding hydrogens is 367 g/mol. The van der Waals surface area contributed by atoms with Crippen LogP contribution in [0, 0.1) is 0 Å².